The van der Waals surface area contributed by atoms with Crippen LogP contribution in [0.15, 0.2) is 24.6 Å². The predicted octanol–water partition coefficient (Wildman–Crippen LogP) is 2.24. The van der Waals surface area contributed by atoms with E-state index < -0.39 is 0 Å². The van der Waals surface area contributed by atoms with Crippen LogP contribution >= 0.6 is 0 Å². The maximum absolute atomic E-state index is 11.6. The fourth-order valence-corrected chi connectivity index (χ4v) is 0.794. The summed E-state index contributed by atoms with van der Waals surface area (Å²) in [5, 5.41) is 2.81. The molecule has 0 radical (unpaired) electrons. The quantitative estimate of drug-likeness (QED) is 0.653. The van der Waals surface area contributed by atoms with Crippen LogP contribution in [0, 0.1) is 5.41 Å². The Labute approximate surface area is 74.4 Å². The van der Waals surface area contributed by atoms with E-state index in [0.29, 0.717) is 5.70 Å². The van der Waals surface area contributed by atoms with Gasteiger partial charge < -0.3 is 5.32 Å². The Hall–Kier alpha value is -1.05. The number of hydrogen-bond donors (Lipinski definition) is 1. The fraction of sp³-hybridized carbons (Fsp3) is 0.500. The van der Waals surface area contributed by atoms with Crippen LogP contribution in [0.25, 0.3) is 0 Å². The lowest BCUT2D eigenvalue weighted by Crippen LogP contribution is -2.27. The van der Waals surface area contributed by atoms with Crippen molar-refractivity contribution in [2.75, 3.05) is 0 Å². The van der Waals surface area contributed by atoms with Crippen molar-refractivity contribution in [3.63, 3.8) is 0 Å². The molecule has 0 aliphatic carbocycles. The van der Waals surface area contributed by atoms with Crippen molar-refractivity contribution in [2.45, 2.75) is 27.7 Å². The monoisotopic (exact) mass is 167 g/mol. The zero-order chi connectivity index (χ0) is 9.78. The van der Waals surface area contributed by atoms with Gasteiger partial charge in [0, 0.05) is 5.41 Å². The molecule has 0 unspecified atom stereocenters. The number of hydrogen-bond acceptors (Lipinski definition) is 2. The highest BCUT2D eigenvalue weighted by molar-refractivity contribution is 5.98. The molecule has 0 fully saturated rings. The molecule has 2 nitrogen and oxygen atoms in total. The Balaban J connectivity index is 4.56. The molecule has 0 aliphatic rings. The van der Waals surface area contributed by atoms with Gasteiger partial charge in [0.2, 0.25) is 0 Å². The summed E-state index contributed by atoms with van der Waals surface area (Å²) in [6.45, 7) is 11.0. The standard InChI is InChI=1S/C10H17NO/c1-6-8(11-7-2)9(12)10(3,4)5/h6-7,11H,2H2,1,3-5H3/b8-6-. The Morgan fingerprint density at radius 1 is 1.42 bits per heavy atom. The van der Waals surface area contributed by atoms with Crippen molar-refractivity contribution in [1.82, 2.24) is 5.32 Å². The van der Waals surface area contributed by atoms with Gasteiger partial charge in [0.1, 0.15) is 0 Å². The fourth-order valence-electron chi connectivity index (χ4n) is 0.794. The van der Waals surface area contributed by atoms with Gasteiger partial charge >= 0.3 is 0 Å². The first-order valence-electron chi connectivity index (χ1n) is 4.02. The number of rotatable bonds is 3. The Kier molecular flexibility index (Phi) is 3.74. The molecule has 0 amide bonds. The van der Waals surface area contributed by atoms with Gasteiger partial charge in [-0.2, -0.15) is 0 Å². The summed E-state index contributed by atoms with van der Waals surface area (Å²) in [7, 11) is 0. The summed E-state index contributed by atoms with van der Waals surface area (Å²) in [6.07, 6.45) is 3.27. The van der Waals surface area contributed by atoms with E-state index >= 15 is 0 Å². The third-order valence-electron chi connectivity index (χ3n) is 1.47. The Bertz CT molecular complexity index is 208. The van der Waals surface area contributed by atoms with Crippen LogP contribution in [0.4, 0.5) is 0 Å². The molecule has 0 aliphatic heterocycles. The maximum atomic E-state index is 11.6. The second-order valence-electron chi connectivity index (χ2n) is 3.63. The molecular formula is C10H17NO. The van der Waals surface area contributed by atoms with Crippen molar-refractivity contribution in [1.29, 1.82) is 0 Å². The number of allylic oxidation sites excluding steroid dienone is 2. The van der Waals surface area contributed by atoms with Crippen LogP contribution < -0.4 is 5.32 Å². The van der Waals surface area contributed by atoms with Crippen LogP contribution in [-0.2, 0) is 4.79 Å². The van der Waals surface area contributed by atoms with Gasteiger partial charge in [-0.05, 0) is 13.1 Å². The molecule has 0 aromatic carbocycles. The SMILES string of the molecule is C=CN/C(=C\C)C(=O)C(C)(C)C. The number of carbonyl (C=O) groups is 1. The molecule has 2 heteroatoms. The zero-order valence-corrected chi connectivity index (χ0v) is 8.27. The van der Waals surface area contributed by atoms with E-state index in [4.69, 9.17) is 0 Å². The summed E-state index contributed by atoms with van der Waals surface area (Å²) in [5.74, 6) is 0.102. The highest BCUT2D eigenvalue weighted by Gasteiger charge is 2.23. The minimum Gasteiger partial charge on any atom is -0.360 e. The summed E-state index contributed by atoms with van der Waals surface area (Å²) >= 11 is 0. The summed E-state index contributed by atoms with van der Waals surface area (Å²) < 4.78 is 0. The normalized spacial score (nSPS) is 12.5. The van der Waals surface area contributed by atoms with Gasteiger partial charge in [-0.1, -0.05) is 33.4 Å². The minimum atomic E-state index is -0.335. The molecule has 0 saturated heterocycles. The van der Waals surface area contributed by atoms with Crippen molar-refractivity contribution < 1.29 is 4.79 Å². The van der Waals surface area contributed by atoms with E-state index in [2.05, 4.69) is 11.9 Å². The number of ketones is 1. The number of carbonyl (C=O) groups excluding carboxylic acids is 1. The molecule has 1 N–H and O–H groups in total. The molecule has 0 heterocycles. The van der Waals surface area contributed by atoms with E-state index in [-0.39, 0.29) is 11.2 Å². The molecule has 0 rings (SSSR count). The number of nitrogens with one attached hydrogen (secondary N) is 1. The van der Waals surface area contributed by atoms with Gasteiger partial charge in [-0.15, -0.1) is 0 Å². The summed E-state index contributed by atoms with van der Waals surface area (Å²) in [5.41, 5.74) is 0.273. The number of Topliss-reactive ketones (excluding diaryl/α,β-unsaturated/α-hetero) is 1. The molecule has 0 aromatic heterocycles. The molecule has 12 heavy (non-hydrogen) atoms. The largest absolute Gasteiger partial charge is 0.360 e. The topological polar surface area (TPSA) is 29.1 Å². The smallest absolute Gasteiger partial charge is 0.183 e. The molecular weight excluding hydrogens is 150 g/mol. The molecule has 0 atom stereocenters. The lowest BCUT2D eigenvalue weighted by molar-refractivity contribution is -0.122. The lowest BCUT2D eigenvalue weighted by atomic mass is 9.89. The Morgan fingerprint density at radius 3 is 2.17 bits per heavy atom. The molecule has 0 bridgehead atoms. The average molecular weight is 167 g/mol. The predicted molar refractivity (Wildman–Crippen MR) is 51.6 cm³/mol. The molecule has 0 spiro atoms. The van der Waals surface area contributed by atoms with E-state index in [0.717, 1.165) is 0 Å². The van der Waals surface area contributed by atoms with Crippen LogP contribution in [0.2, 0.25) is 0 Å². The van der Waals surface area contributed by atoms with Gasteiger partial charge in [-0.3, -0.25) is 4.79 Å². The highest BCUT2D eigenvalue weighted by atomic mass is 16.1. The van der Waals surface area contributed by atoms with Gasteiger partial charge in [0.25, 0.3) is 0 Å². The van der Waals surface area contributed by atoms with Crippen LogP contribution in [0.1, 0.15) is 27.7 Å². The van der Waals surface area contributed by atoms with Crippen LogP contribution in [0.5, 0.6) is 0 Å². The van der Waals surface area contributed by atoms with E-state index in [1.165, 1.54) is 6.20 Å². The van der Waals surface area contributed by atoms with E-state index in [1.54, 1.807) is 6.08 Å². The average Bonchev–Trinajstić information content (AvgIpc) is 1.97. The summed E-state index contributed by atoms with van der Waals surface area (Å²) in [6, 6.07) is 0. The minimum absolute atomic E-state index is 0.102. The summed E-state index contributed by atoms with van der Waals surface area (Å²) in [4.78, 5) is 11.6. The zero-order valence-electron chi connectivity index (χ0n) is 8.27. The van der Waals surface area contributed by atoms with Crippen molar-refractivity contribution >= 4 is 5.78 Å². The van der Waals surface area contributed by atoms with Crippen molar-refractivity contribution in [2.24, 2.45) is 5.41 Å². The van der Waals surface area contributed by atoms with Gasteiger partial charge in [0.15, 0.2) is 5.78 Å². The lowest BCUT2D eigenvalue weighted by Gasteiger charge is -2.18. The maximum Gasteiger partial charge on any atom is 0.183 e. The third-order valence-corrected chi connectivity index (χ3v) is 1.47. The van der Waals surface area contributed by atoms with Crippen LogP contribution in [-0.4, -0.2) is 5.78 Å². The second-order valence-corrected chi connectivity index (χ2v) is 3.63. The Morgan fingerprint density at radius 2 is 1.92 bits per heavy atom. The van der Waals surface area contributed by atoms with Gasteiger partial charge in [0.05, 0.1) is 5.70 Å². The molecule has 68 valence electrons. The van der Waals surface area contributed by atoms with E-state index in [1.807, 2.05) is 27.7 Å². The van der Waals surface area contributed by atoms with E-state index in [9.17, 15) is 4.79 Å². The first kappa shape index (κ1) is 11.0. The van der Waals surface area contributed by atoms with Crippen LogP contribution in [0.3, 0.4) is 0 Å². The first-order valence-corrected chi connectivity index (χ1v) is 4.02. The third kappa shape index (κ3) is 2.91. The molecule has 0 aromatic rings. The van der Waals surface area contributed by atoms with Gasteiger partial charge in [-0.25, -0.2) is 0 Å². The highest BCUT2D eigenvalue weighted by Crippen LogP contribution is 2.18. The first-order chi connectivity index (χ1) is 5.43. The second kappa shape index (κ2) is 4.10. The van der Waals surface area contributed by atoms with Crippen molar-refractivity contribution in [3.05, 3.63) is 24.6 Å². The van der Waals surface area contributed by atoms with Crippen molar-refractivity contribution in [3.8, 4) is 0 Å². The molecule has 0 saturated carbocycles.